The van der Waals surface area contributed by atoms with Crippen molar-refractivity contribution in [3.8, 4) is 0 Å². The van der Waals surface area contributed by atoms with Crippen LogP contribution >= 0.6 is 0 Å². The second kappa shape index (κ2) is 5.30. The van der Waals surface area contributed by atoms with E-state index >= 15 is 0 Å². The first kappa shape index (κ1) is 14.0. The molecule has 1 aliphatic rings. The Labute approximate surface area is 111 Å². The third-order valence-electron chi connectivity index (χ3n) is 3.48. The first-order chi connectivity index (χ1) is 8.90. The van der Waals surface area contributed by atoms with E-state index in [0.29, 0.717) is 12.2 Å². The van der Waals surface area contributed by atoms with Gasteiger partial charge in [-0.15, -0.1) is 0 Å². The molecule has 1 aliphatic carbocycles. The number of imidazole rings is 1. The van der Waals surface area contributed by atoms with Crippen LogP contribution < -0.4 is 4.72 Å². The van der Waals surface area contributed by atoms with Gasteiger partial charge in [0, 0.05) is 6.54 Å². The summed E-state index contributed by atoms with van der Waals surface area (Å²) in [7, 11) is -3.64. The molecule has 0 saturated heterocycles. The number of rotatable bonds is 5. The predicted octanol–water partition coefficient (Wildman–Crippen LogP) is 0.497. The highest BCUT2D eigenvalue weighted by Crippen LogP contribution is 2.31. The summed E-state index contributed by atoms with van der Waals surface area (Å²) in [6.07, 6.45) is 3.43. The third kappa shape index (κ3) is 3.13. The van der Waals surface area contributed by atoms with Gasteiger partial charge in [-0.05, 0) is 25.7 Å². The Morgan fingerprint density at radius 2 is 2.32 bits per heavy atom. The van der Waals surface area contributed by atoms with E-state index in [1.54, 1.807) is 6.92 Å². The molecule has 19 heavy (non-hydrogen) atoms. The average molecular weight is 287 g/mol. The molecule has 0 amide bonds. The highest BCUT2D eigenvalue weighted by molar-refractivity contribution is 7.89. The van der Waals surface area contributed by atoms with Gasteiger partial charge in [0.1, 0.15) is 5.82 Å². The number of hydrogen-bond donors (Lipinski definition) is 3. The summed E-state index contributed by atoms with van der Waals surface area (Å²) in [5.74, 6) is -0.925. The number of aliphatic carboxylic acids is 1. The highest BCUT2D eigenvalue weighted by atomic mass is 32.2. The molecular weight excluding hydrogens is 270 g/mol. The number of carboxylic acid groups (broad SMARTS) is 1. The van der Waals surface area contributed by atoms with E-state index in [2.05, 4.69) is 14.7 Å². The summed E-state index contributed by atoms with van der Waals surface area (Å²) in [4.78, 5) is 17.5. The average Bonchev–Trinajstić information content (AvgIpc) is 2.94. The van der Waals surface area contributed by atoms with Crippen molar-refractivity contribution in [1.29, 1.82) is 0 Å². The van der Waals surface area contributed by atoms with Gasteiger partial charge in [0.2, 0.25) is 0 Å². The highest BCUT2D eigenvalue weighted by Gasteiger charge is 2.33. The number of H-pyrrole nitrogens is 1. The lowest BCUT2D eigenvalue weighted by Gasteiger charge is -2.15. The van der Waals surface area contributed by atoms with E-state index in [4.69, 9.17) is 5.11 Å². The van der Waals surface area contributed by atoms with E-state index in [-0.39, 0.29) is 17.5 Å². The van der Waals surface area contributed by atoms with Crippen molar-refractivity contribution in [2.45, 2.75) is 31.2 Å². The van der Waals surface area contributed by atoms with Crippen LogP contribution in [0.4, 0.5) is 0 Å². The molecule has 1 heterocycles. The van der Waals surface area contributed by atoms with E-state index in [0.717, 1.165) is 12.8 Å². The largest absolute Gasteiger partial charge is 0.481 e. The molecule has 8 heteroatoms. The lowest BCUT2D eigenvalue weighted by molar-refractivity contribution is -0.142. The van der Waals surface area contributed by atoms with Gasteiger partial charge < -0.3 is 10.1 Å². The van der Waals surface area contributed by atoms with Crippen LogP contribution in [0.3, 0.4) is 0 Å². The molecule has 1 aromatic rings. The summed E-state index contributed by atoms with van der Waals surface area (Å²) >= 11 is 0. The number of aromatic nitrogens is 2. The fourth-order valence-corrected chi connectivity index (χ4v) is 3.50. The van der Waals surface area contributed by atoms with Crippen molar-refractivity contribution in [3.63, 3.8) is 0 Å². The van der Waals surface area contributed by atoms with E-state index in [1.165, 1.54) is 6.20 Å². The number of hydrogen-bond acceptors (Lipinski definition) is 4. The van der Waals surface area contributed by atoms with Gasteiger partial charge >= 0.3 is 5.97 Å². The minimum Gasteiger partial charge on any atom is -0.481 e. The quantitative estimate of drug-likeness (QED) is 0.730. The van der Waals surface area contributed by atoms with Crippen molar-refractivity contribution in [3.05, 3.63) is 12.0 Å². The van der Waals surface area contributed by atoms with Crippen molar-refractivity contribution in [2.24, 2.45) is 11.8 Å². The van der Waals surface area contributed by atoms with E-state index < -0.39 is 21.9 Å². The number of sulfonamides is 1. The molecule has 1 aromatic heterocycles. The molecule has 0 aromatic carbocycles. The lowest BCUT2D eigenvalue weighted by Crippen LogP contribution is -2.33. The Hall–Kier alpha value is -1.41. The summed E-state index contributed by atoms with van der Waals surface area (Å²) in [6.45, 7) is 1.81. The fourth-order valence-electron chi connectivity index (χ4n) is 2.44. The van der Waals surface area contributed by atoms with Crippen LogP contribution in [-0.4, -0.2) is 36.0 Å². The third-order valence-corrected chi connectivity index (χ3v) is 4.81. The molecule has 2 rings (SSSR count). The maximum atomic E-state index is 11.9. The van der Waals surface area contributed by atoms with Crippen LogP contribution in [0.25, 0.3) is 0 Å². The van der Waals surface area contributed by atoms with Crippen LogP contribution in [0.5, 0.6) is 0 Å². The fraction of sp³-hybridized carbons (Fsp3) is 0.636. The first-order valence-corrected chi connectivity index (χ1v) is 7.62. The lowest BCUT2D eigenvalue weighted by atomic mass is 9.97. The molecule has 0 radical (unpaired) electrons. The van der Waals surface area contributed by atoms with Gasteiger partial charge in [0.15, 0.2) is 5.03 Å². The molecule has 2 unspecified atom stereocenters. The van der Waals surface area contributed by atoms with Crippen molar-refractivity contribution in [2.75, 3.05) is 6.54 Å². The number of nitrogens with one attached hydrogen (secondary N) is 2. The molecule has 0 aliphatic heterocycles. The molecule has 1 saturated carbocycles. The monoisotopic (exact) mass is 287 g/mol. The molecule has 7 nitrogen and oxygen atoms in total. The Balaban J connectivity index is 2.00. The molecular formula is C11H17N3O4S. The zero-order valence-electron chi connectivity index (χ0n) is 10.6. The summed E-state index contributed by atoms with van der Waals surface area (Å²) in [5.41, 5.74) is 0. The predicted molar refractivity (Wildman–Crippen MR) is 67.0 cm³/mol. The zero-order valence-corrected chi connectivity index (χ0v) is 11.4. The van der Waals surface area contributed by atoms with Crippen molar-refractivity contribution >= 4 is 16.0 Å². The van der Waals surface area contributed by atoms with Gasteiger partial charge in [-0.2, -0.15) is 0 Å². The Morgan fingerprint density at radius 1 is 1.58 bits per heavy atom. The van der Waals surface area contributed by atoms with Gasteiger partial charge in [0.05, 0.1) is 12.1 Å². The maximum Gasteiger partial charge on any atom is 0.306 e. The summed E-state index contributed by atoms with van der Waals surface area (Å²) < 4.78 is 26.4. The second-order valence-electron chi connectivity index (χ2n) is 4.82. The smallest absolute Gasteiger partial charge is 0.306 e. The van der Waals surface area contributed by atoms with Gasteiger partial charge in [-0.25, -0.2) is 18.1 Å². The van der Waals surface area contributed by atoms with Crippen LogP contribution in [0.2, 0.25) is 0 Å². The second-order valence-corrected chi connectivity index (χ2v) is 6.56. The normalized spacial score (nSPS) is 23.6. The molecule has 1 fully saturated rings. The number of aromatic amines is 1. The maximum absolute atomic E-state index is 11.9. The minimum atomic E-state index is -3.64. The number of carbonyl (C=O) groups is 1. The van der Waals surface area contributed by atoms with Crippen LogP contribution in [0, 0.1) is 18.8 Å². The van der Waals surface area contributed by atoms with Crippen LogP contribution in [0.1, 0.15) is 25.1 Å². The molecule has 106 valence electrons. The topological polar surface area (TPSA) is 112 Å². The standard InChI is InChI=1S/C11H17N3O4S/c1-7-12-6-10(14-7)19(17,18)13-5-8-3-2-4-9(8)11(15)16/h6,8-9,13H,2-5H2,1H3,(H,12,14)(H,15,16). The van der Waals surface area contributed by atoms with E-state index in [1.807, 2.05) is 0 Å². The van der Waals surface area contributed by atoms with Gasteiger partial charge in [-0.3, -0.25) is 4.79 Å². The first-order valence-electron chi connectivity index (χ1n) is 6.14. The number of carboxylic acids is 1. The van der Waals surface area contributed by atoms with Crippen molar-refractivity contribution in [1.82, 2.24) is 14.7 Å². The Bertz CT molecular complexity index is 566. The summed E-state index contributed by atoms with van der Waals surface area (Å²) in [5, 5.41) is 9.05. The minimum absolute atomic E-state index is 0.00914. The Morgan fingerprint density at radius 3 is 2.89 bits per heavy atom. The van der Waals surface area contributed by atoms with Gasteiger partial charge in [0.25, 0.3) is 10.0 Å². The Kier molecular flexibility index (Phi) is 3.91. The van der Waals surface area contributed by atoms with Crippen molar-refractivity contribution < 1.29 is 18.3 Å². The van der Waals surface area contributed by atoms with Crippen LogP contribution in [-0.2, 0) is 14.8 Å². The SMILES string of the molecule is Cc1ncc(S(=O)(=O)NCC2CCCC2C(=O)O)[nH]1. The number of nitrogens with zero attached hydrogens (tertiary/aromatic N) is 1. The zero-order chi connectivity index (χ0) is 14.0. The molecule has 3 N–H and O–H groups in total. The number of aryl methyl sites for hydroxylation is 1. The molecule has 0 spiro atoms. The molecule has 2 atom stereocenters. The van der Waals surface area contributed by atoms with E-state index in [9.17, 15) is 13.2 Å². The van der Waals surface area contributed by atoms with Crippen LogP contribution in [0.15, 0.2) is 11.2 Å². The van der Waals surface area contributed by atoms with Gasteiger partial charge in [-0.1, -0.05) is 6.42 Å². The molecule has 0 bridgehead atoms. The summed E-state index contributed by atoms with van der Waals surface area (Å²) in [6, 6.07) is 0.